The Labute approximate surface area is 212 Å². The molecule has 1 aliphatic heterocycles. The Balaban J connectivity index is 0.000000267. The van der Waals surface area contributed by atoms with Crippen LogP contribution in [0.5, 0.6) is 0 Å². The van der Waals surface area contributed by atoms with E-state index < -0.39 is 58.6 Å². The van der Waals surface area contributed by atoms with E-state index in [-0.39, 0.29) is 18.7 Å². The van der Waals surface area contributed by atoms with Crippen molar-refractivity contribution in [2.45, 2.75) is 44.8 Å². The summed E-state index contributed by atoms with van der Waals surface area (Å²) in [4.78, 5) is 39.3. The molecule has 38 heavy (non-hydrogen) atoms. The van der Waals surface area contributed by atoms with Crippen LogP contribution < -0.4 is 16.6 Å². The zero-order valence-corrected chi connectivity index (χ0v) is 19.9. The number of aromatic nitrogens is 2. The number of aromatic amines is 1. The highest BCUT2D eigenvalue weighted by molar-refractivity contribution is 6.06. The van der Waals surface area contributed by atoms with E-state index in [9.17, 15) is 27.6 Å². The third-order valence-corrected chi connectivity index (χ3v) is 5.21. The van der Waals surface area contributed by atoms with Gasteiger partial charge >= 0.3 is 11.9 Å². The first-order chi connectivity index (χ1) is 17.8. The van der Waals surface area contributed by atoms with Gasteiger partial charge in [-0.15, -0.1) is 0 Å². The van der Waals surface area contributed by atoms with E-state index >= 15 is 0 Å². The van der Waals surface area contributed by atoms with Crippen LogP contribution in [0.1, 0.15) is 30.7 Å². The fourth-order valence-electron chi connectivity index (χ4n) is 3.27. The molecule has 0 radical (unpaired) electrons. The second-order valence-electron chi connectivity index (χ2n) is 7.90. The molecule has 0 bridgehead atoms. The van der Waals surface area contributed by atoms with E-state index in [1.807, 2.05) is 0 Å². The molecule has 2 heterocycles. The van der Waals surface area contributed by atoms with E-state index in [4.69, 9.17) is 25.7 Å². The molecule has 202 valence electrons. The Morgan fingerprint density at radius 3 is 2.50 bits per heavy atom. The molecule has 1 fully saturated rings. The number of benzene rings is 1. The minimum atomic E-state index is -4.46. The molecule has 13 nitrogen and oxygen atoms in total. The quantitative estimate of drug-likeness (QED) is 0.112. The highest BCUT2D eigenvalue weighted by Gasteiger charge is 2.35. The van der Waals surface area contributed by atoms with Gasteiger partial charge in [0.05, 0.1) is 24.3 Å². The second kappa shape index (κ2) is 12.6. The number of rotatable bonds is 5. The Kier molecular flexibility index (Phi) is 9.82. The summed E-state index contributed by atoms with van der Waals surface area (Å²) in [5, 5.41) is 32.6. The third-order valence-electron chi connectivity index (χ3n) is 5.21. The highest BCUT2D eigenvalue weighted by Crippen LogP contribution is 2.30. The van der Waals surface area contributed by atoms with Crippen LogP contribution in [0.3, 0.4) is 0 Å². The van der Waals surface area contributed by atoms with E-state index in [0.29, 0.717) is 5.56 Å². The number of carbonyl (C=O) groups is 1. The SMILES string of the molecule is C/C(O)=C(\C#N)C(=O)Nc1ccc(C(F)(F)F)cc1.Cc1cn([C@H]2C[C@H](N=[N+]=[N-])[C@@H](CO)O2)c(=O)[nH]c1=O. The first-order valence-electron chi connectivity index (χ1n) is 10.7. The topological polar surface area (TPSA) is 206 Å². The number of hydrogen-bond acceptors (Lipinski definition) is 8. The van der Waals surface area contributed by atoms with E-state index in [1.54, 1.807) is 6.92 Å². The lowest BCUT2D eigenvalue weighted by Crippen LogP contribution is -2.33. The number of carbonyl (C=O) groups excluding carboxylic acids is 1. The van der Waals surface area contributed by atoms with Crippen molar-refractivity contribution < 1.29 is 32.9 Å². The first-order valence-corrected chi connectivity index (χ1v) is 10.7. The number of nitrogens with zero attached hydrogens (tertiary/aromatic N) is 5. The van der Waals surface area contributed by atoms with Crippen LogP contribution in [0, 0.1) is 18.3 Å². The Hall–Kier alpha value is -4.58. The van der Waals surface area contributed by atoms with E-state index in [0.717, 1.165) is 31.2 Å². The maximum Gasteiger partial charge on any atom is 0.416 e. The molecule has 1 aromatic heterocycles. The van der Waals surface area contributed by atoms with Gasteiger partial charge in [0.15, 0.2) is 5.57 Å². The smallest absolute Gasteiger partial charge is 0.416 e. The van der Waals surface area contributed by atoms with Gasteiger partial charge in [-0.3, -0.25) is 19.1 Å². The van der Waals surface area contributed by atoms with Crippen molar-refractivity contribution in [3.63, 3.8) is 0 Å². The molecule has 2 aromatic rings. The van der Waals surface area contributed by atoms with Crippen molar-refractivity contribution in [1.29, 1.82) is 5.26 Å². The van der Waals surface area contributed by atoms with Crippen molar-refractivity contribution in [2.24, 2.45) is 5.11 Å². The number of halogens is 3. The van der Waals surface area contributed by atoms with Crippen molar-refractivity contribution >= 4 is 11.6 Å². The maximum absolute atomic E-state index is 12.3. The Morgan fingerprint density at radius 1 is 1.37 bits per heavy atom. The molecule has 16 heteroatoms. The lowest BCUT2D eigenvalue weighted by molar-refractivity contribution is -0.137. The number of nitrogens with one attached hydrogen (secondary N) is 2. The van der Waals surface area contributed by atoms with Crippen molar-refractivity contribution in [3.8, 4) is 6.07 Å². The van der Waals surface area contributed by atoms with E-state index in [2.05, 4.69) is 20.3 Å². The summed E-state index contributed by atoms with van der Waals surface area (Å²) in [6, 6.07) is 4.67. The maximum atomic E-state index is 12.3. The van der Waals surface area contributed by atoms with Crippen LogP contribution in [0.15, 0.2) is 56.5 Å². The summed E-state index contributed by atoms with van der Waals surface area (Å²) in [6.45, 7) is 2.42. The number of aliphatic hydroxyl groups is 2. The Bertz CT molecular complexity index is 1400. The lowest BCUT2D eigenvalue weighted by atomic mass is 10.1. The molecule has 0 saturated carbocycles. The van der Waals surface area contributed by atoms with Gasteiger partial charge in [-0.05, 0) is 43.6 Å². The monoisotopic (exact) mass is 537 g/mol. The summed E-state index contributed by atoms with van der Waals surface area (Å²) in [7, 11) is 0. The summed E-state index contributed by atoms with van der Waals surface area (Å²) in [6.07, 6.45) is -4.13. The summed E-state index contributed by atoms with van der Waals surface area (Å²) >= 11 is 0. The molecule has 1 amide bonds. The molecule has 1 aromatic carbocycles. The zero-order chi connectivity index (χ0) is 28.6. The van der Waals surface area contributed by atoms with Gasteiger partial charge in [-0.1, -0.05) is 5.11 Å². The number of alkyl halides is 3. The van der Waals surface area contributed by atoms with Crippen molar-refractivity contribution in [3.05, 3.63) is 84.2 Å². The number of aryl methyl sites for hydroxylation is 1. The molecule has 1 aliphatic rings. The van der Waals surface area contributed by atoms with Gasteiger partial charge in [0.2, 0.25) is 0 Å². The number of aliphatic hydroxyl groups excluding tert-OH is 2. The molecule has 0 spiro atoms. The average Bonchev–Trinajstić information content (AvgIpc) is 3.24. The highest BCUT2D eigenvalue weighted by atomic mass is 19.4. The van der Waals surface area contributed by atoms with Gasteiger partial charge in [-0.2, -0.15) is 18.4 Å². The molecule has 3 rings (SSSR count). The zero-order valence-electron chi connectivity index (χ0n) is 19.9. The van der Waals surface area contributed by atoms with Gasteiger partial charge in [0, 0.05) is 28.8 Å². The number of nitriles is 1. The molecular weight excluding hydrogens is 515 g/mol. The largest absolute Gasteiger partial charge is 0.511 e. The fourth-order valence-corrected chi connectivity index (χ4v) is 3.27. The van der Waals surface area contributed by atoms with Gasteiger partial charge in [0.1, 0.15) is 18.1 Å². The molecular formula is C22H22F3N7O6. The molecule has 3 atom stereocenters. The number of hydrogen-bond donors (Lipinski definition) is 4. The minimum Gasteiger partial charge on any atom is -0.511 e. The minimum absolute atomic E-state index is 0.0898. The Morgan fingerprint density at radius 2 is 2.00 bits per heavy atom. The lowest BCUT2D eigenvalue weighted by Gasteiger charge is -2.14. The molecule has 0 unspecified atom stereocenters. The van der Waals surface area contributed by atoms with Crippen LogP contribution in [0.25, 0.3) is 10.4 Å². The van der Waals surface area contributed by atoms with Crippen LogP contribution in [-0.4, -0.2) is 44.4 Å². The van der Waals surface area contributed by atoms with Gasteiger partial charge in [0.25, 0.3) is 11.5 Å². The average molecular weight is 537 g/mol. The number of amides is 1. The van der Waals surface area contributed by atoms with Gasteiger partial charge < -0.3 is 20.3 Å². The summed E-state index contributed by atoms with van der Waals surface area (Å²) < 4.78 is 43.6. The number of azide groups is 1. The number of H-pyrrole nitrogens is 1. The van der Waals surface area contributed by atoms with Crippen LogP contribution in [0.2, 0.25) is 0 Å². The fraction of sp³-hybridized carbons (Fsp3) is 0.364. The van der Waals surface area contributed by atoms with Crippen LogP contribution in [-0.2, 0) is 15.7 Å². The third kappa shape index (κ3) is 7.46. The predicted molar refractivity (Wildman–Crippen MR) is 126 cm³/mol. The van der Waals surface area contributed by atoms with Crippen LogP contribution >= 0.6 is 0 Å². The van der Waals surface area contributed by atoms with Crippen molar-refractivity contribution in [1.82, 2.24) is 9.55 Å². The normalized spacial score (nSPS) is 19.2. The summed E-state index contributed by atoms with van der Waals surface area (Å²) in [5.74, 6) is -1.35. The standard InChI is InChI=1S/C12H9F3N2O2.C10H13N5O4/c1-7(18)10(6-16)11(19)17-9-4-2-8(3-5-9)12(13,14)15;1-5-3-15(10(18)12-9(5)17)8-2-6(13-14-11)7(4-16)19-8/h2-5,18H,1H3,(H,17,19);3,6-8,16H,2,4H2,1H3,(H,12,17,18)/b10-7-;/t;6-,7+,8+/m.0/s1. The molecule has 0 aliphatic carbocycles. The van der Waals surface area contributed by atoms with Crippen LogP contribution in [0.4, 0.5) is 18.9 Å². The van der Waals surface area contributed by atoms with Gasteiger partial charge in [-0.25, -0.2) is 4.79 Å². The summed E-state index contributed by atoms with van der Waals surface area (Å²) in [5.41, 5.74) is 6.50. The second-order valence-corrected chi connectivity index (χ2v) is 7.90. The number of ether oxygens (including phenoxy) is 1. The first kappa shape index (κ1) is 29.6. The number of allylic oxidation sites excluding steroid dienone is 1. The molecule has 4 N–H and O–H groups in total. The number of anilines is 1. The van der Waals surface area contributed by atoms with E-state index in [1.165, 1.54) is 16.8 Å². The predicted octanol–water partition coefficient (Wildman–Crippen LogP) is 2.80. The van der Waals surface area contributed by atoms with Crippen molar-refractivity contribution in [2.75, 3.05) is 11.9 Å². The molecule has 1 saturated heterocycles.